The maximum Gasteiger partial charge on any atom is 0.416 e. The Labute approximate surface area is 649 Å². The van der Waals surface area contributed by atoms with Crippen molar-refractivity contribution in [3.05, 3.63) is 231 Å². The summed E-state index contributed by atoms with van der Waals surface area (Å²) in [5.41, 5.74) is 15.0. The van der Waals surface area contributed by atoms with E-state index < -0.39 is 66.9 Å². The summed E-state index contributed by atoms with van der Waals surface area (Å²) in [6.45, 7) is 34.4. The van der Waals surface area contributed by atoms with E-state index in [1.807, 2.05) is 80.6 Å². The second-order valence-corrected chi connectivity index (χ2v) is 40.8. The van der Waals surface area contributed by atoms with Crippen LogP contribution in [0.4, 0.5) is 23.2 Å². The van der Waals surface area contributed by atoms with Gasteiger partial charge in [0.2, 0.25) is 10.0 Å². The first-order chi connectivity index (χ1) is 47.8. The van der Waals surface area contributed by atoms with Crippen LogP contribution in [0.15, 0.2) is 132 Å². The number of hydrogen-bond donors (Lipinski definition) is 2. The molecule has 0 fully saturated rings. The van der Waals surface area contributed by atoms with Crippen molar-refractivity contribution in [1.82, 2.24) is 0 Å². The molecule has 586 valence electrons. The molecule has 0 unspecified atom stereocenters. The zero-order valence-corrected chi connectivity index (χ0v) is 71.4. The van der Waals surface area contributed by atoms with Gasteiger partial charge >= 0.3 is 6.18 Å². The van der Waals surface area contributed by atoms with Crippen molar-refractivity contribution in [3.8, 4) is 0 Å². The molecule has 0 amide bonds. The Hall–Kier alpha value is -5.11. The predicted molar refractivity (Wildman–Crippen MR) is 432 cm³/mol. The van der Waals surface area contributed by atoms with Crippen LogP contribution in [-0.4, -0.2) is 71.4 Å². The lowest BCUT2D eigenvalue weighted by molar-refractivity contribution is -0.138. The number of rotatable bonds is 20. The summed E-state index contributed by atoms with van der Waals surface area (Å²) in [5, 5.41) is 7.97. The predicted octanol–water partition coefficient (Wildman–Crippen LogP) is 21.8. The highest BCUT2D eigenvalue weighted by Crippen LogP contribution is 2.37. The van der Waals surface area contributed by atoms with Gasteiger partial charge in [0.05, 0.1) is 38.7 Å². The summed E-state index contributed by atoms with van der Waals surface area (Å²) in [6, 6.07) is 35.4. The van der Waals surface area contributed by atoms with E-state index in [9.17, 15) is 64.4 Å². The second kappa shape index (κ2) is 43.3. The molecule has 27 heteroatoms. The summed E-state index contributed by atoms with van der Waals surface area (Å²) in [4.78, 5) is 10.7. The second-order valence-electron chi connectivity index (χ2n) is 28.0. The number of carbonyl (C=O) groups excluding carboxylic acids is 1. The minimum Gasteiger partial charge on any atom is -0.399 e. The Morgan fingerprint density at radius 3 is 0.990 bits per heavy atom. The molecule has 7 rings (SSSR count). The Kier molecular flexibility index (Phi) is 40.4. The first kappa shape index (κ1) is 97.9. The van der Waals surface area contributed by atoms with E-state index in [0.29, 0.717) is 56.6 Å². The van der Waals surface area contributed by atoms with Crippen molar-refractivity contribution in [2.24, 2.45) is 5.14 Å². The smallest absolute Gasteiger partial charge is 0.399 e. The highest BCUT2D eigenvalue weighted by atomic mass is 35.5. The molecule has 13 nitrogen and oxygen atoms in total. The van der Waals surface area contributed by atoms with Gasteiger partial charge in [-0.1, -0.05) is 235 Å². The van der Waals surface area contributed by atoms with Gasteiger partial charge in [0, 0.05) is 55.5 Å². The number of Topliss-reactive ketones (excluding diaryl/α,β-unsaturated/α-hetero) is 1. The van der Waals surface area contributed by atoms with Crippen LogP contribution in [0.25, 0.3) is 0 Å². The summed E-state index contributed by atoms with van der Waals surface area (Å²) < 4.78 is 165. The number of hydrogen-bond acceptors (Lipinski definition) is 12. The fourth-order valence-electron chi connectivity index (χ4n) is 9.79. The van der Waals surface area contributed by atoms with Crippen molar-refractivity contribution < 1.29 is 64.4 Å². The zero-order chi connectivity index (χ0) is 81.4. The van der Waals surface area contributed by atoms with Crippen molar-refractivity contribution in [1.29, 1.82) is 0 Å². The lowest BCUT2D eigenvalue weighted by atomic mass is 9.95. The number of sulfone groups is 4. The first-order valence-electron chi connectivity index (χ1n) is 33.8. The highest BCUT2D eigenvalue weighted by molar-refractivity contribution is 7.91. The topological polar surface area (TPSA) is 240 Å². The Bertz CT molecular complexity index is 4610. The van der Waals surface area contributed by atoms with E-state index in [2.05, 4.69) is 69.2 Å². The van der Waals surface area contributed by atoms with Crippen LogP contribution in [-0.2, 0) is 89.8 Å². The molecule has 0 spiro atoms. The molecule has 0 bridgehead atoms. The van der Waals surface area contributed by atoms with Crippen molar-refractivity contribution in [3.63, 3.8) is 0 Å². The van der Waals surface area contributed by atoms with E-state index in [1.165, 1.54) is 30.5 Å². The van der Waals surface area contributed by atoms with Crippen LogP contribution in [0.5, 0.6) is 0 Å². The number of alkyl halides is 3. The molecule has 4 N–H and O–H groups in total. The van der Waals surface area contributed by atoms with Gasteiger partial charge < -0.3 is 5.73 Å². The van der Waals surface area contributed by atoms with Crippen molar-refractivity contribution in [2.45, 2.75) is 212 Å². The molecule has 7 aromatic carbocycles. The minimum absolute atomic E-state index is 0.0181. The van der Waals surface area contributed by atoms with Gasteiger partial charge in [0.25, 0.3) is 0 Å². The summed E-state index contributed by atoms with van der Waals surface area (Å²) in [7, 11) is -16.2. The standard InChI is InChI=1S/C13H19ClO2S.C12H17ClO2S.C12H15ClO.C12H15F3O2S.C11H15ClO2S.C9H12ClN.C9H12FNO2S/c1-9(2)12-6-5-11(7-13(12)14)8-17(15,16)10(3)4;1-4-16(14,15)8-10-5-6-11(9(2)3)12(13)7-10;1-8(2)11-5-4-10(6-9(3)14)7-12(11)13;1-8(2)10-5-4-9(7-18(3,16)17)6-11(10)12(13,14)15;1-8(2)10-5-4-9(6-11(10)12)7-15(3,13)14;1-6(2)8-4-3-7(11)5-9(8)10;1-6(2)8-4-3-7(5-9(8)10)14(11,12)13/h5-7,9-10H,8H2,1-4H3;5-7,9H,4,8H2,1-3H3;4-5,7-8H,6H2,1-3H3;4-6,8H,7H2,1-3H3;4-6,8H,7H2,1-3H3;3-6H,11H2,1-2H3;3-6H,1-2H3,(H2,11,12,13). The van der Waals surface area contributed by atoms with Gasteiger partial charge in [-0.15, -0.1) is 0 Å². The maximum atomic E-state index is 13.3. The molecule has 0 saturated heterocycles. The lowest BCUT2D eigenvalue weighted by Crippen LogP contribution is -2.16. The highest BCUT2D eigenvalue weighted by Gasteiger charge is 2.34. The molecular formula is C78H105Cl5F4N2O11S5. The maximum absolute atomic E-state index is 13.3. The van der Waals surface area contributed by atoms with Gasteiger partial charge in [-0.3, -0.25) is 4.79 Å². The molecule has 105 heavy (non-hydrogen) atoms. The number of primary sulfonamides is 1. The van der Waals surface area contributed by atoms with Gasteiger partial charge in [-0.05, 0) is 184 Å². The van der Waals surface area contributed by atoms with E-state index >= 15 is 0 Å². The summed E-state index contributed by atoms with van der Waals surface area (Å²) in [6.07, 6.45) is -1.78. The number of sulfonamides is 1. The SMILES string of the molecule is CC(=O)Cc1ccc(C(C)C)c(Cl)c1.CC(C)c1ccc(CS(=O)(=O)C(C)C)cc1Cl.CC(C)c1ccc(CS(C)(=O)=O)cc1C(F)(F)F.CC(C)c1ccc(CS(C)(=O)=O)cc1Cl.CC(C)c1ccc(N)cc1Cl.CC(C)c1ccc(S(N)(=O)=O)cc1F.CCS(=O)(=O)Cc1ccc(C(C)C)c(Cl)c1. The van der Waals surface area contributed by atoms with Crippen molar-refractivity contribution >= 4 is 119 Å². The normalized spacial score (nSPS) is 11.9. The number of ketones is 1. The zero-order valence-electron chi connectivity index (χ0n) is 63.6. The molecule has 0 aliphatic rings. The third-order valence-electron chi connectivity index (χ3n) is 15.6. The van der Waals surface area contributed by atoms with Gasteiger partial charge in [0.15, 0.2) is 39.3 Å². The number of halogens is 9. The molecule has 0 radical (unpaired) electrons. The Morgan fingerprint density at radius 1 is 0.410 bits per heavy atom. The fourth-order valence-corrected chi connectivity index (χ4v) is 15.8. The van der Waals surface area contributed by atoms with Gasteiger partial charge in [-0.2, -0.15) is 13.2 Å². The van der Waals surface area contributed by atoms with Crippen molar-refractivity contribution in [2.75, 3.05) is 24.0 Å². The number of nitrogen functional groups attached to an aromatic ring is 1. The van der Waals surface area contributed by atoms with E-state index in [-0.39, 0.29) is 67.7 Å². The van der Waals surface area contributed by atoms with Crippen LogP contribution in [0.1, 0.15) is 238 Å². The molecule has 0 saturated carbocycles. The van der Waals surface area contributed by atoms with Gasteiger partial charge in [0.1, 0.15) is 11.6 Å². The fraction of sp³-hybridized carbons (Fsp3) is 0.449. The molecule has 7 aromatic rings. The third-order valence-corrected chi connectivity index (χ3v) is 23.7. The number of benzene rings is 7. The molecule has 0 atom stereocenters. The molecule has 0 heterocycles. The van der Waals surface area contributed by atoms with E-state index in [1.54, 1.807) is 65.8 Å². The molecule has 0 aliphatic carbocycles. The minimum atomic E-state index is -4.47. The average Bonchev–Trinajstić information content (AvgIpc) is 0.803. The van der Waals surface area contributed by atoms with Crippen LogP contribution >= 0.6 is 58.0 Å². The molecule has 0 aromatic heterocycles. The monoisotopic (exact) mass is 1660 g/mol. The molecular weight excluding hydrogens is 1550 g/mol. The van der Waals surface area contributed by atoms with Crippen LogP contribution in [0.3, 0.4) is 0 Å². The third kappa shape index (κ3) is 36.8. The quantitative estimate of drug-likeness (QED) is 0.0535. The lowest BCUT2D eigenvalue weighted by Gasteiger charge is -2.16. The van der Waals surface area contributed by atoms with Crippen LogP contribution in [0, 0.1) is 5.82 Å². The summed E-state index contributed by atoms with van der Waals surface area (Å²) in [5.74, 6) is 1.27. The molecule has 0 aliphatic heterocycles. The Morgan fingerprint density at radius 2 is 0.705 bits per heavy atom. The van der Waals surface area contributed by atoms with Crippen LogP contribution in [0.2, 0.25) is 25.1 Å². The number of anilines is 1. The van der Waals surface area contributed by atoms with E-state index in [0.717, 1.165) is 84.2 Å². The number of nitrogens with two attached hydrogens (primary N) is 2. The average molecular weight is 1660 g/mol. The first-order valence-corrected chi connectivity index (χ1v) is 44.9. The number of carbonyl (C=O) groups is 1. The summed E-state index contributed by atoms with van der Waals surface area (Å²) >= 11 is 30.3. The van der Waals surface area contributed by atoms with Gasteiger partial charge in [-0.25, -0.2) is 51.6 Å². The Balaban J connectivity index is 0.000000615. The largest absolute Gasteiger partial charge is 0.416 e. The van der Waals surface area contributed by atoms with E-state index in [4.69, 9.17) is 68.9 Å². The van der Waals surface area contributed by atoms with Crippen LogP contribution < -0.4 is 10.9 Å².